The number of furan rings is 2. The van der Waals surface area contributed by atoms with Crippen molar-refractivity contribution < 1.29 is 8.83 Å². The Kier molecular flexibility index (Phi) is 5.20. The monoisotopic (exact) mass is 648 g/mol. The Morgan fingerprint density at radius 2 is 0.647 bits per heavy atom. The summed E-state index contributed by atoms with van der Waals surface area (Å²) in [6.45, 7) is 0. The molecular formula is C49H28O2. The Bertz CT molecular complexity index is 2890. The molecule has 2 heteroatoms. The summed E-state index contributed by atoms with van der Waals surface area (Å²) in [6.07, 6.45) is 0. The zero-order chi connectivity index (χ0) is 33.3. The number of hydrogen-bond donors (Lipinski definition) is 0. The zero-order valence-corrected chi connectivity index (χ0v) is 27.5. The molecule has 1 spiro atoms. The molecule has 0 atom stereocenters. The van der Waals surface area contributed by atoms with E-state index in [0.717, 1.165) is 43.9 Å². The number of benzene rings is 8. The molecule has 2 nitrogen and oxygen atoms in total. The van der Waals surface area contributed by atoms with E-state index < -0.39 is 5.41 Å². The highest BCUT2D eigenvalue weighted by molar-refractivity contribution is 6.08. The van der Waals surface area contributed by atoms with Crippen LogP contribution in [0, 0.1) is 0 Å². The van der Waals surface area contributed by atoms with E-state index in [4.69, 9.17) is 8.83 Å². The summed E-state index contributed by atoms with van der Waals surface area (Å²) in [6, 6.07) is 62.1. The lowest BCUT2D eigenvalue weighted by atomic mass is 9.70. The SMILES string of the molecule is c1ccc2c(c1)-c1ccccc1C21c2cc(-c3ccc4oc5ccccc5c4c3)ccc2-c2ccc(-c3ccc4oc5ccccc5c4c3)cc21. The van der Waals surface area contributed by atoms with E-state index in [1.165, 1.54) is 66.8 Å². The van der Waals surface area contributed by atoms with Gasteiger partial charge in [-0.25, -0.2) is 0 Å². The molecule has 51 heavy (non-hydrogen) atoms. The molecule has 0 amide bonds. The molecule has 0 radical (unpaired) electrons. The predicted octanol–water partition coefficient (Wildman–Crippen LogP) is 13.2. The Morgan fingerprint density at radius 1 is 0.275 bits per heavy atom. The van der Waals surface area contributed by atoms with Crippen molar-refractivity contribution in [3.63, 3.8) is 0 Å². The van der Waals surface area contributed by atoms with Crippen LogP contribution in [0.15, 0.2) is 179 Å². The van der Waals surface area contributed by atoms with E-state index in [9.17, 15) is 0 Å². The maximum Gasteiger partial charge on any atom is 0.135 e. The van der Waals surface area contributed by atoms with E-state index in [2.05, 4.69) is 146 Å². The van der Waals surface area contributed by atoms with Crippen molar-refractivity contribution in [3.8, 4) is 44.5 Å². The fourth-order valence-electron chi connectivity index (χ4n) is 9.31. The molecule has 0 unspecified atom stereocenters. The number of hydrogen-bond acceptors (Lipinski definition) is 2. The Hall–Kier alpha value is -6.64. The van der Waals surface area contributed by atoms with Crippen LogP contribution in [0.25, 0.3) is 88.4 Å². The first-order valence-corrected chi connectivity index (χ1v) is 17.6. The maximum absolute atomic E-state index is 6.20. The van der Waals surface area contributed by atoms with Crippen molar-refractivity contribution in [1.29, 1.82) is 0 Å². The lowest BCUT2D eigenvalue weighted by Gasteiger charge is -2.31. The normalized spacial score (nSPS) is 13.6. The summed E-state index contributed by atoms with van der Waals surface area (Å²) < 4.78 is 12.4. The van der Waals surface area contributed by atoms with E-state index >= 15 is 0 Å². The second-order valence-corrected chi connectivity index (χ2v) is 14.0. The lowest BCUT2D eigenvalue weighted by molar-refractivity contribution is 0.668. The van der Waals surface area contributed by atoms with Gasteiger partial charge in [0.25, 0.3) is 0 Å². The lowest BCUT2D eigenvalue weighted by Crippen LogP contribution is -2.26. The molecule has 10 aromatic rings. The van der Waals surface area contributed by atoms with Crippen LogP contribution in [0.5, 0.6) is 0 Å². The fourth-order valence-corrected chi connectivity index (χ4v) is 9.31. The summed E-state index contributed by atoms with van der Waals surface area (Å²) in [4.78, 5) is 0. The minimum atomic E-state index is -0.456. The molecule has 2 aliphatic rings. The Labute approximate surface area is 293 Å². The molecule has 0 saturated carbocycles. The quantitative estimate of drug-likeness (QED) is 0.186. The highest BCUT2D eigenvalue weighted by atomic mass is 16.3. The molecule has 2 heterocycles. The minimum absolute atomic E-state index is 0.456. The van der Waals surface area contributed by atoms with E-state index in [1.807, 2.05) is 24.3 Å². The van der Waals surface area contributed by atoms with E-state index in [0.29, 0.717) is 0 Å². The minimum Gasteiger partial charge on any atom is -0.456 e. The molecule has 12 rings (SSSR count). The van der Waals surface area contributed by atoms with Crippen molar-refractivity contribution in [2.75, 3.05) is 0 Å². The van der Waals surface area contributed by atoms with Crippen LogP contribution in [0.2, 0.25) is 0 Å². The van der Waals surface area contributed by atoms with Crippen LogP contribution in [0.1, 0.15) is 22.3 Å². The summed E-state index contributed by atoms with van der Waals surface area (Å²) >= 11 is 0. The molecule has 236 valence electrons. The molecule has 0 bridgehead atoms. The second kappa shape index (κ2) is 9.74. The molecular weight excluding hydrogens is 621 g/mol. The number of para-hydroxylation sites is 2. The Morgan fingerprint density at radius 3 is 1.16 bits per heavy atom. The number of fused-ring (bicyclic) bond motifs is 16. The molecule has 0 aliphatic heterocycles. The highest BCUT2D eigenvalue weighted by Crippen LogP contribution is 2.63. The Balaban J connectivity index is 1.11. The van der Waals surface area contributed by atoms with Crippen molar-refractivity contribution in [3.05, 3.63) is 192 Å². The third kappa shape index (κ3) is 3.51. The summed E-state index contributed by atoms with van der Waals surface area (Å²) in [7, 11) is 0. The maximum atomic E-state index is 6.20. The predicted molar refractivity (Wildman–Crippen MR) is 208 cm³/mol. The topological polar surface area (TPSA) is 26.3 Å². The molecule has 2 aromatic heterocycles. The third-order valence-corrected chi connectivity index (χ3v) is 11.5. The van der Waals surface area contributed by atoms with Gasteiger partial charge in [-0.05, 0) is 115 Å². The van der Waals surface area contributed by atoms with Crippen LogP contribution in [0.3, 0.4) is 0 Å². The molecule has 2 aliphatic carbocycles. The molecule has 0 fully saturated rings. The van der Waals surface area contributed by atoms with Crippen molar-refractivity contribution in [2.45, 2.75) is 5.41 Å². The molecule has 0 N–H and O–H groups in total. The van der Waals surface area contributed by atoms with Crippen molar-refractivity contribution >= 4 is 43.9 Å². The number of rotatable bonds is 2. The van der Waals surface area contributed by atoms with Crippen LogP contribution < -0.4 is 0 Å². The largest absolute Gasteiger partial charge is 0.456 e. The van der Waals surface area contributed by atoms with Gasteiger partial charge in [0, 0.05) is 21.5 Å². The summed E-state index contributed by atoms with van der Waals surface area (Å²) in [5.74, 6) is 0. The van der Waals surface area contributed by atoms with Gasteiger partial charge < -0.3 is 8.83 Å². The van der Waals surface area contributed by atoms with Gasteiger partial charge in [0.1, 0.15) is 22.3 Å². The summed E-state index contributed by atoms with van der Waals surface area (Å²) in [5.41, 5.74) is 18.5. The third-order valence-electron chi connectivity index (χ3n) is 11.5. The van der Waals surface area contributed by atoms with Crippen molar-refractivity contribution in [1.82, 2.24) is 0 Å². The highest BCUT2D eigenvalue weighted by Gasteiger charge is 2.51. The van der Waals surface area contributed by atoms with Gasteiger partial charge >= 0.3 is 0 Å². The van der Waals surface area contributed by atoms with Crippen molar-refractivity contribution in [2.24, 2.45) is 0 Å². The van der Waals surface area contributed by atoms with Crippen LogP contribution >= 0.6 is 0 Å². The smallest absolute Gasteiger partial charge is 0.135 e. The van der Waals surface area contributed by atoms with Gasteiger partial charge in [0.05, 0.1) is 5.41 Å². The van der Waals surface area contributed by atoms with Gasteiger partial charge in [0.15, 0.2) is 0 Å². The van der Waals surface area contributed by atoms with Gasteiger partial charge in [-0.15, -0.1) is 0 Å². The first kappa shape index (κ1) is 27.2. The van der Waals surface area contributed by atoms with Gasteiger partial charge in [0.2, 0.25) is 0 Å². The first-order chi connectivity index (χ1) is 25.3. The van der Waals surface area contributed by atoms with E-state index in [-0.39, 0.29) is 0 Å². The van der Waals surface area contributed by atoms with Crippen LogP contribution in [-0.2, 0) is 5.41 Å². The summed E-state index contributed by atoms with van der Waals surface area (Å²) in [5, 5.41) is 4.58. The molecule has 8 aromatic carbocycles. The zero-order valence-electron chi connectivity index (χ0n) is 27.5. The average Bonchev–Trinajstić information content (AvgIpc) is 3.92. The van der Waals surface area contributed by atoms with Crippen LogP contribution in [0.4, 0.5) is 0 Å². The van der Waals surface area contributed by atoms with Gasteiger partial charge in [-0.2, -0.15) is 0 Å². The first-order valence-electron chi connectivity index (χ1n) is 17.6. The molecule has 0 saturated heterocycles. The van der Waals surface area contributed by atoms with Gasteiger partial charge in [-0.1, -0.05) is 121 Å². The second-order valence-electron chi connectivity index (χ2n) is 14.0. The standard InChI is InChI=1S/C49H28O2/c1-5-13-41-33(9-1)34-10-2-6-14-42(34)49(41)43-27-31(29-19-23-47-39(25-29)37-11-3-7-15-45(37)50-47)17-21-35(43)36-22-18-32(28-44(36)49)30-20-24-48-40(26-30)38-12-4-8-16-46(38)51-48/h1-28H. The van der Waals surface area contributed by atoms with Crippen LogP contribution in [-0.4, -0.2) is 0 Å². The average molecular weight is 649 g/mol. The fraction of sp³-hybridized carbons (Fsp3) is 0.0204. The van der Waals surface area contributed by atoms with Gasteiger partial charge in [-0.3, -0.25) is 0 Å². The van der Waals surface area contributed by atoms with E-state index in [1.54, 1.807) is 0 Å².